The fraction of sp³-hybridized carbons (Fsp3) is 0.0714. The lowest BCUT2D eigenvalue weighted by Gasteiger charge is -2.11. The molecular formula is C14H13BrN2S. The highest BCUT2D eigenvalue weighted by molar-refractivity contribution is 9.10. The Labute approximate surface area is 120 Å². The van der Waals surface area contributed by atoms with Gasteiger partial charge in [-0.05, 0) is 29.8 Å². The van der Waals surface area contributed by atoms with Crippen LogP contribution in [0.2, 0.25) is 0 Å². The molecule has 0 radical (unpaired) electrons. The van der Waals surface area contributed by atoms with E-state index in [2.05, 4.69) is 33.4 Å². The molecule has 18 heavy (non-hydrogen) atoms. The zero-order valence-electron chi connectivity index (χ0n) is 9.69. The summed E-state index contributed by atoms with van der Waals surface area (Å²) in [5.41, 5.74) is 8.73. The Balaban J connectivity index is 2.13. The van der Waals surface area contributed by atoms with Crippen molar-refractivity contribution in [2.45, 2.75) is 6.54 Å². The summed E-state index contributed by atoms with van der Waals surface area (Å²) in [4.78, 5) is 0.410. The molecule has 4 heteroatoms. The van der Waals surface area contributed by atoms with Crippen LogP contribution in [0.25, 0.3) is 0 Å². The highest BCUT2D eigenvalue weighted by Gasteiger charge is 2.03. The van der Waals surface area contributed by atoms with Crippen molar-refractivity contribution in [3.05, 3.63) is 64.1 Å². The molecule has 0 aliphatic carbocycles. The summed E-state index contributed by atoms with van der Waals surface area (Å²) in [7, 11) is 0. The largest absolute Gasteiger partial charge is 0.389 e. The second kappa shape index (κ2) is 5.98. The van der Waals surface area contributed by atoms with Crippen LogP contribution in [-0.2, 0) is 6.54 Å². The molecule has 2 aromatic rings. The molecule has 0 aliphatic rings. The minimum absolute atomic E-state index is 0.410. The Kier molecular flexibility index (Phi) is 4.33. The predicted molar refractivity (Wildman–Crippen MR) is 83.8 cm³/mol. The van der Waals surface area contributed by atoms with Crippen molar-refractivity contribution < 1.29 is 0 Å². The molecule has 0 bridgehead atoms. The van der Waals surface area contributed by atoms with Gasteiger partial charge in [0.15, 0.2) is 0 Å². The van der Waals surface area contributed by atoms with E-state index in [1.807, 2.05) is 36.4 Å². The van der Waals surface area contributed by atoms with Gasteiger partial charge in [0.25, 0.3) is 0 Å². The van der Waals surface area contributed by atoms with Crippen molar-refractivity contribution in [1.82, 2.24) is 0 Å². The third-order valence-corrected chi connectivity index (χ3v) is 3.28. The van der Waals surface area contributed by atoms with Gasteiger partial charge >= 0.3 is 0 Å². The van der Waals surface area contributed by atoms with Crippen LogP contribution in [0.3, 0.4) is 0 Å². The molecular weight excluding hydrogens is 308 g/mol. The second-order valence-corrected chi connectivity index (χ2v) is 5.25. The highest BCUT2D eigenvalue weighted by atomic mass is 79.9. The maximum Gasteiger partial charge on any atom is 0.106 e. The summed E-state index contributed by atoms with van der Waals surface area (Å²) in [5.74, 6) is 0. The number of hydrogen-bond donors (Lipinski definition) is 2. The smallest absolute Gasteiger partial charge is 0.106 e. The molecule has 0 saturated carbocycles. The van der Waals surface area contributed by atoms with Crippen LogP contribution < -0.4 is 11.1 Å². The molecule has 3 N–H and O–H groups in total. The van der Waals surface area contributed by atoms with Gasteiger partial charge in [-0.15, -0.1) is 0 Å². The first-order chi connectivity index (χ1) is 8.66. The number of halogens is 1. The van der Waals surface area contributed by atoms with E-state index < -0.39 is 0 Å². The summed E-state index contributed by atoms with van der Waals surface area (Å²) in [5, 5.41) is 3.35. The van der Waals surface area contributed by atoms with Crippen molar-refractivity contribution >= 4 is 38.8 Å². The number of benzene rings is 2. The molecule has 0 aromatic heterocycles. The molecule has 2 nitrogen and oxygen atoms in total. The fourth-order valence-corrected chi connectivity index (χ4v) is 2.32. The monoisotopic (exact) mass is 320 g/mol. The zero-order chi connectivity index (χ0) is 13.0. The Hall–Kier alpha value is -1.39. The molecule has 0 atom stereocenters. The molecule has 0 unspecified atom stereocenters. The van der Waals surface area contributed by atoms with Crippen LogP contribution in [0.1, 0.15) is 11.1 Å². The normalized spacial score (nSPS) is 10.1. The second-order valence-electron chi connectivity index (χ2n) is 3.89. The number of anilines is 1. The first-order valence-corrected chi connectivity index (χ1v) is 6.74. The molecule has 0 fully saturated rings. The Bertz CT molecular complexity index is 569. The number of para-hydroxylation sites is 1. The molecule has 0 spiro atoms. The van der Waals surface area contributed by atoms with Gasteiger partial charge in [0.2, 0.25) is 0 Å². The Morgan fingerprint density at radius 1 is 1.17 bits per heavy atom. The van der Waals surface area contributed by atoms with Gasteiger partial charge in [-0.1, -0.05) is 52.4 Å². The van der Waals surface area contributed by atoms with Gasteiger partial charge in [-0.25, -0.2) is 0 Å². The van der Waals surface area contributed by atoms with E-state index in [4.69, 9.17) is 18.0 Å². The van der Waals surface area contributed by atoms with E-state index in [0.29, 0.717) is 4.99 Å². The lowest BCUT2D eigenvalue weighted by atomic mass is 10.1. The van der Waals surface area contributed by atoms with E-state index in [1.165, 1.54) is 5.56 Å². The maximum atomic E-state index is 5.69. The van der Waals surface area contributed by atoms with Crippen LogP contribution in [0, 0.1) is 0 Å². The lowest BCUT2D eigenvalue weighted by Crippen LogP contribution is -2.13. The van der Waals surface area contributed by atoms with E-state index in [-0.39, 0.29) is 0 Å². The summed E-state index contributed by atoms with van der Waals surface area (Å²) >= 11 is 8.49. The number of rotatable bonds is 4. The molecule has 2 rings (SSSR count). The lowest BCUT2D eigenvalue weighted by molar-refractivity contribution is 1.14. The fourth-order valence-electron chi connectivity index (χ4n) is 1.70. The van der Waals surface area contributed by atoms with Crippen molar-refractivity contribution in [2.24, 2.45) is 5.73 Å². The molecule has 92 valence electrons. The third kappa shape index (κ3) is 3.31. The van der Waals surface area contributed by atoms with E-state index in [9.17, 15) is 0 Å². The van der Waals surface area contributed by atoms with Crippen molar-refractivity contribution in [3.8, 4) is 0 Å². The molecule has 0 amide bonds. The number of thiocarbonyl (C=S) groups is 1. The molecule has 0 heterocycles. The summed E-state index contributed by atoms with van der Waals surface area (Å²) in [6.45, 7) is 0.735. The molecule has 2 aromatic carbocycles. The minimum Gasteiger partial charge on any atom is -0.389 e. The third-order valence-electron chi connectivity index (χ3n) is 2.56. The summed E-state index contributed by atoms with van der Waals surface area (Å²) in [6.07, 6.45) is 0. The van der Waals surface area contributed by atoms with E-state index in [0.717, 1.165) is 22.3 Å². The summed E-state index contributed by atoms with van der Waals surface area (Å²) in [6, 6.07) is 16.0. The number of hydrogen-bond acceptors (Lipinski definition) is 2. The van der Waals surface area contributed by atoms with Crippen LogP contribution >= 0.6 is 28.1 Å². The number of nitrogens with one attached hydrogen (secondary N) is 1. The van der Waals surface area contributed by atoms with Crippen molar-refractivity contribution in [1.29, 1.82) is 0 Å². The maximum absolute atomic E-state index is 5.69. The molecule has 0 aliphatic heterocycles. The molecule has 0 saturated heterocycles. The van der Waals surface area contributed by atoms with Crippen molar-refractivity contribution in [2.75, 3.05) is 5.32 Å². The average Bonchev–Trinajstić information content (AvgIpc) is 2.37. The Morgan fingerprint density at radius 3 is 2.67 bits per heavy atom. The first kappa shape index (κ1) is 13.1. The van der Waals surface area contributed by atoms with Crippen LogP contribution in [-0.4, -0.2) is 4.99 Å². The van der Waals surface area contributed by atoms with E-state index >= 15 is 0 Å². The van der Waals surface area contributed by atoms with Gasteiger partial charge in [-0.3, -0.25) is 0 Å². The Morgan fingerprint density at radius 2 is 1.94 bits per heavy atom. The van der Waals surface area contributed by atoms with Gasteiger partial charge in [0, 0.05) is 22.3 Å². The number of nitrogens with two attached hydrogens (primary N) is 1. The van der Waals surface area contributed by atoms with Gasteiger partial charge in [-0.2, -0.15) is 0 Å². The SMILES string of the molecule is NC(=S)c1ccccc1NCc1cccc(Br)c1. The van der Waals surface area contributed by atoms with Gasteiger partial charge in [0.05, 0.1) is 0 Å². The predicted octanol–water partition coefficient (Wildman–Crippen LogP) is 3.70. The van der Waals surface area contributed by atoms with Gasteiger partial charge in [0.1, 0.15) is 4.99 Å². The standard InChI is InChI=1S/C14H13BrN2S/c15-11-5-3-4-10(8-11)9-17-13-7-2-1-6-12(13)14(16)18/h1-8,17H,9H2,(H2,16,18). The van der Waals surface area contributed by atoms with E-state index in [1.54, 1.807) is 0 Å². The summed E-state index contributed by atoms with van der Waals surface area (Å²) < 4.78 is 1.07. The van der Waals surface area contributed by atoms with Crippen LogP contribution in [0.4, 0.5) is 5.69 Å². The topological polar surface area (TPSA) is 38.0 Å². The van der Waals surface area contributed by atoms with Crippen LogP contribution in [0.15, 0.2) is 53.0 Å². The van der Waals surface area contributed by atoms with Gasteiger partial charge < -0.3 is 11.1 Å². The minimum atomic E-state index is 0.410. The highest BCUT2D eigenvalue weighted by Crippen LogP contribution is 2.17. The quantitative estimate of drug-likeness (QED) is 0.844. The van der Waals surface area contributed by atoms with Crippen LogP contribution in [0.5, 0.6) is 0 Å². The average molecular weight is 321 g/mol. The zero-order valence-corrected chi connectivity index (χ0v) is 12.1. The first-order valence-electron chi connectivity index (χ1n) is 5.54. The van der Waals surface area contributed by atoms with Crippen molar-refractivity contribution in [3.63, 3.8) is 0 Å².